The van der Waals surface area contributed by atoms with Crippen molar-refractivity contribution in [2.75, 3.05) is 72.5 Å². The van der Waals surface area contributed by atoms with Crippen molar-refractivity contribution in [3.8, 4) is 0 Å². The van der Waals surface area contributed by atoms with Crippen LogP contribution in [-0.2, 0) is 33.3 Å². The maximum atomic E-state index is 12.0. The first-order chi connectivity index (χ1) is 14.5. The van der Waals surface area contributed by atoms with E-state index >= 15 is 0 Å². The van der Waals surface area contributed by atoms with E-state index in [1.165, 1.54) is 4.90 Å². The minimum absolute atomic E-state index is 0.117. The van der Waals surface area contributed by atoms with E-state index in [1.54, 1.807) is 6.92 Å². The van der Waals surface area contributed by atoms with E-state index in [0.717, 1.165) is 19.5 Å². The molecule has 30 heavy (non-hydrogen) atoms. The van der Waals surface area contributed by atoms with Crippen LogP contribution in [0.25, 0.3) is 0 Å². The highest BCUT2D eigenvalue weighted by Crippen LogP contribution is 2.18. The zero-order valence-corrected chi connectivity index (χ0v) is 18.3. The molecule has 2 aliphatic rings. The Morgan fingerprint density at radius 3 is 1.97 bits per heavy atom. The largest absolute Gasteiger partial charge is 0.379 e. The van der Waals surface area contributed by atoms with Gasteiger partial charge in [0.15, 0.2) is 0 Å². The molecule has 0 aliphatic carbocycles. The number of amides is 3. The van der Waals surface area contributed by atoms with Crippen molar-refractivity contribution in [1.29, 1.82) is 0 Å². The van der Waals surface area contributed by atoms with Crippen LogP contribution < -0.4 is 0 Å². The molecule has 3 amide bonds. The molecular weight excluding hydrogens is 392 g/mol. The summed E-state index contributed by atoms with van der Waals surface area (Å²) in [7, 11) is 0. The minimum atomic E-state index is -0.215. The van der Waals surface area contributed by atoms with Gasteiger partial charge in [-0.2, -0.15) is 0 Å². The van der Waals surface area contributed by atoms with Gasteiger partial charge in [-0.15, -0.1) is 0 Å². The van der Waals surface area contributed by atoms with E-state index in [-0.39, 0.29) is 23.6 Å². The van der Waals surface area contributed by atoms with Crippen LogP contribution in [0.1, 0.15) is 33.1 Å². The normalized spacial score (nSPS) is 21.8. The van der Waals surface area contributed by atoms with E-state index < -0.39 is 0 Å². The predicted octanol–water partition coefficient (Wildman–Crippen LogP) is 0.706. The molecule has 0 saturated carbocycles. The summed E-state index contributed by atoms with van der Waals surface area (Å²) in [6.07, 6.45) is 1.81. The van der Waals surface area contributed by atoms with E-state index in [4.69, 9.17) is 18.9 Å². The summed E-state index contributed by atoms with van der Waals surface area (Å²) in [4.78, 5) is 38.5. The smallest absolute Gasteiger partial charge is 0.232 e. The lowest BCUT2D eigenvalue weighted by Gasteiger charge is -2.15. The van der Waals surface area contributed by atoms with Gasteiger partial charge < -0.3 is 23.8 Å². The fourth-order valence-electron chi connectivity index (χ4n) is 3.48. The average molecular weight is 429 g/mol. The number of carbonyl (C=O) groups excluding carboxylic acids is 3. The second-order valence-electron chi connectivity index (χ2n) is 7.92. The summed E-state index contributed by atoms with van der Waals surface area (Å²) in [5, 5.41) is 0. The van der Waals surface area contributed by atoms with E-state index in [2.05, 4.69) is 6.92 Å². The monoisotopic (exact) mass is 428 g/mol. The van der Waals surface area contributed by atoms with Crippen molar-refractivity contribution in [2.24, 2.45) is 11.8 Å². The molecule has 0 aromatic rings. The third-order valence-corrected chi connectivity index (χ3v) is 5.28. The third kappa shape index (κ3) is 8.67. The molecular formula is C21H36N2O7. The zero-order chi connectivity index (χ0) is 21.8. The van der Waals surface area contributed by atoms with Crippen LogP contribution in [0.4, 0.5) is 0 Å². The maximum absolute atomic E-state index is 12.0. The van der Waals surface area contributed by atoms with Crippen molar-refractivity contribution in [3.05, 3.63) is 0 Å². The van der Waals surface area contributed by atoms with Crippen molar-refractivity contribution in [2.45, 2.75) is 33.1 Å². The highest BCUT2D eigenvalue weighted by Gasteiger charge is 2.34. The Kier molecular flexibility index (Phi) is 11.3. The van der Waals surface area contributed by atoms with Crippen LogP contribution in [0.15, 0.2) is 0 Å². The van der Waals surface area contributed by atoms with Gasteiger partial charge in [-0.05, 0) is 12.3 Å². The summed E-state index contributed by atoms with van der Waals surface area (Å²) in [6.45, 7) is 9.37. The Bertz CT molecular complexity index is 557. The Labute approximate surface area is 178 Å². The van der Waals surface area contributed by atoms with Gasteiger partial charge in [0, 0.05) is 25.4 Å². The predicted molar refractivity (Wildman–Crippen MR) is 109 cm³/mol. The van der Waals surface area contributed by atoms with Crippen molar-refractivity contribution in [3.63, 3.8) is 0 Å². The molecule has 9 nitrogen and oxygen atoms in total. The average Bonchev–Trinajstić information content (AvgIpc) is 3.25. The molecule has 0 bridgehead atoms. The van der Waals surface area contributed by atoms with Gasteiger partial charge in [0.2, 0.25) is 17.7 Å². The highest BCUT2D eigenvalue weighted by atomic mass is 16.6. The second-order valence-corrected chi connectivity index (χ2v) is 7.92. The third-order valence-electron chi connectivity index (χ3n) is 5.28. The molecule has 2 saturated heterocycles. The van der Waals surface area contributed by atoms with Crippen LogP contribution >= 0.6 is 0 Å². The second kappa shape index (κ2) is 13.7. The molecule has 0 aromatic heterocycles. The SMILES string of the molecule is CC1CCN(C(=O)CCOCCOCCOCCOCCN2C(=O)CC(C)C2=O)C1. The first-order valence-corrected chi connectivity index (χ1v) is 10.9. The van der Waals surface area contributed by atoms with Gasteiger partial charge in [-0.3, -0.25) is 19.3 Å². The molecule has 2 fully saturated rings. The van der Waals surface area contributed by atoms with Crippen LogP contribution in [-0.4, -0.2) is 100 Å². The standard InChI is InChI=1S/C21H36N2O7/c1-17-3-5-22(16-17)19(24)4-7-27-9-11-29-13-14-30-12-10-28-8-6-23-20(25)15-18(2)21(23)26/h17-18H,3-16H2,1-2H3. The summed E-state index contributed by atoms with van der Waals surface area (Å²) >= 11 is 0. The molecule has 2 heterocycles. The number of nitrogens with zero attached hydrogens (tertiary/aromatic N) is 2. The van der Waals surface area contributed by atoms with E-state index in [9.17, 15) is 14.4 Å². The number of hydrogen-bond acceptors (Lipinski definition) is 7. The topological polar surface area (TPSA) is 94.6 Å². The lowest BCUT2D eigenvalue weighted by Crippen LogP contribution is -2.33. The molecule has 2 atom stereocenters. The van der Waals surface area contributed by atoms with Gasteiger partial charge in [-0.1, -0.05) is 13.8 Å². The molecule has 0 N–H and O–H groups in total. The van der Waals surface area contributed by atoms with Gasteiger partial charge in [-0.25, -0.2) is 0 Å². The van der Waals surface area contributed by atoms with Crippen LogP contribution in [0.2, 0.25) is 0 Å². The molecule has 0 aromatic carbocycles. The Balaban J connectivity index is 1.30. The quantitative estimate of drug-likeness (QED) is 0.280. The molecule has 2 unspecified atom stereocenters. The highest BCUT2D eigenvalue weighted by molar-refractivity contribution is 6.03. The minimum Gasteiger partial charge on any atom is -0.379 e. The van der Waals surface area contributed by atoms with Gasteiger partial charge in [0.1, 0.15) is 0 Å². The summed E-state index contributed by atoms with van der Waals surface area (Å²) in [6, 6.07) is 0. The summed E-state index contributed by atoms with van der Waals surface area (Å²) < 4.78 is 21.7. The number of ether oxygens (including phenoxy) is 4. The Morgan fingerprint density at radius 2 is 1.47 bits per heavy atom. The van der Waals surface area contributed by atoms with E-state index in [0.29, 0.717) is 78.2 Å². The van der Waals surface area contributed by atoms with Crippen LogP contribution in [0.5, 0.6) is 0 Å². The number of carbonyl (C=O) groups is 3. The van der Waals surface area contributed by atoms with Gasteiger partial charge in [0.25, 0.3) is 0 Å². The van der Waals surface area contributed by atoms with Crippen LogP contribution in [0.3, 0.4) is 0 Å². The van der Waals surface area contributed by atoms with Crippen molar-refractivity contribution >= 4 is 17.7 Å². The Hall–Kier alpha value is -1.55. The number of imide groups is 1. The first-order valence-electron chi connectivity index (χ1n) is 10.9. The lowest BCUT2D eigenvalue weighted by molar-refractivity contribution is -0.140. The van der Waals surface area contributed by atoms with Crippen molar-refractivity contribution < 1.29 is 33.3 Å². The zero-order valence-electron chi connectivity index (χ0n) is 18.3. The fourth-order valence-corrected chi connectivity index (χ4v) is 3.48. The molecule has 0 spiro atoms. The van der Waals surface area contributed by atoms with Gasteiger partial charge >= 0.3 is 0 Å². The summed E-state index contributed by atoms with van der Waals surface area (Å²) in [5.41, 5.74) is 0. The summed E-state index contributed by atoms with van der Waals surface area (Å²) in [5.74, 6) is 0.319. The van der Waals surface area contributed by atoms with Gasteiger partial charge in [0.05, 0.1) is 65.8 Å². The number of hydrogen-bond donors (Lipinski definition) is 0. The van der Waals surface area contributed by atoms with Crippen molar-refractivity contribution in [1.82, 2.24) is 9.80 Å². The van der Waals surface area contributed by atoms with Crippen LogP contribution in [0, 0.1) is 11.8 Å². The first kappa shape index (κ1) is 24.7. The molecule has 0 radical (unpaired) electrons. The molecule has 2 aliphatic heterocycles. The number of likely N-dealkylation sites (tertiary alicyclic amines) is 2. The number of rotatable bonds is 15. The van der Waals surface area contributed by atoms with E-state index in [1.807, 2.05) is 4.90 Å². The Morgan fingerprint density at radius 1 is 0.900 bits per heavy atom. The fraction of sp³-hybridized carbons (Fsp3) is 0.857. The molecule has 172 valence electrons. The molecule has 9 heteroatoms. The lowest BCUT2D eigenvalue weighted by atomic mass is 10.1. The maximum Gasteiger partial charge on any atom is 0.232 e. The molecule has 2 rings (SSSR count).